The Morgan fingerprint density at radius 3 is 2.43 bits per heavy atom. The minimum absolute atomic E-state index is 0.126. The molecule has 2 saturated heterocycles. The fourth-order valence-electron chi connectivity index (χ4n) is 4.38. The maximum absolute atomic E-state index is 13.2. The largest absolute Gasteiger partial charge is 0.314 e. The second-order valence-electron chi connectivity index (χ2n) is 8.00. The number of benzene rings is 1. The van der Waals surface area contributed by atoms with Gasteiger partial charge in [0.1, 0.15) is 6.04 Å². The van der Waals surface area contributed by atoms with Crippen molar-refractivity contribution < 1.29 is 19.2 Å². The first-order chi connectivity index (χ1) is 13.5. The number of amides is 4. The fourth-order valence-corrected chi connectivity index (χ4v) is 4.38. The number of hydrogen-bond donors (Lipinski definition) is 2. The molecular weight excluding hydrogens is 360 g/mol. The highest BCUT2D eigenvalue weighted by Crippen LogP contribution is 2.34. The Morgan fingerprint density at radius 1 is 1.00 bits per heavy atom. The number of carbonyl (C=O) groups is 4. The molecule has 1 aromatic rings. The van der Waals surface area contributed by atoms with Crippen molar-refractivity contribution in [3.8, 4) is 0 Å². The molecule has 0 aromatic heterocycles. The first-order valence-corrected chi connectivity index (χ1v) is 9.84. The zero-order valence-corrected chi connectivity index (χ0v) is 15.4. The number of rotatable bonds is 5. The second-order valence-corrected chi connectivity index (χ2v) is 8.00. The molecule has 1 atom stereocenters. The lowest BCUT2D eigenvalue weighted by Gasteiger charge is -2.38. The van der Waals surface area contributed by atoms with E-state index in [0.717, 1.165) is 23.6 Å². The fraction of sp³-hybridized carbons (Fsp3) is 0.500. The van der Waals surface area contributed by atoms with Crippen LogP contribution in [0.5, 0.6) is 0 Å². The van der Waals surface area contributed by atoms with Crippen LogP contribution in [-0.4, -0.2) is 64.6 Å². The Kier molecular flexibility index (Phi) is 4.06. The van der Waals surface area contributed by atoms with Gasteiger partial charge < -0.3 is 5.32 Å². The first-order valence-electron chi connectivity index (χ1n) is 9.84. The normalized spacial score (nSPS) is 25.2. The van der Waals surface area contributed by atoms with Gasteiger partial charge in [-0.3, -0.25) is 34.3 Å². The van der Waals surface area contributed by atoms with Crippen LogP contribution in [0.25, 0.3) is 0 Å². The minimum atomic E-state index is -0.923. The summed E-state index contributed by atoms with van der Waals surface area (Å²) in [7, 11) is 0. The third kappa shape index (κ3) is 2.75. The van der Waals surface area contributed by atoms with Crippen molar-refractivity contribution in [3.05, 3.63) is 34.9 Å². The standard InChI is InChI=1S/C20H22N4O4/c25-16-7-6-15(18(26)22-16)24-19(27)14-3-1-2-11(17(14)20(24)28)10-23(12-4-5-12)13-8-21-9-13/h1-3,12-13,15,21H,4-10H2,(H,22,25,26). The second kappa shape index (κ2) is 6.49. The average molecular weight is 382 g/mol. The van der Waals surface area contributed by atoms with E-state index in [9.17, 15) is 19.2 Å². The summed E-state index contributed by atoms with van der Waals surface area (Å²) >= 11 is 0. The van der Waals surface area contributed by atoms with Crippen LogP contribution in [0.1, 0.15) is 52.0 Å². The molecule has 3 aliphatic heterocycles. The summed E-state index contributed by atoms with van der Waals surface area (Å²) in [5, 5.41) is 5.53. The zero-order valence-electron chi connectivity index (χ0n) is 15.4. The molecule has 8 nitrogen and oxygen atoms in total. The number of nitrogens with one attached hydrogen (secondary N) is 2. The quantitative estimate of drug-likeness (QED) is 0.697. The molecule has 3 fully saturated rings. The van der Waals surface area contributed by atoms with E-state index in [-0.39, 0.29) is 18.7 Å². The monoisotopic (exact) mass is 382 g/mol. The van der Waals surface area contributed by atoms with Crippen molar-refractivity contribution in [2.45, 2.75) is 50.4 Å². The van der Waals surface area contributed by atoms with Crippen molar-refractivity contribution in [3.63, 3.8) is 0 Å². The molecule has 3 heterocycles. The van der Waals surface area contributed by atoms with Gasteiger partial charge in [-0.1, -0.05) is 12.1 Å². The van der Waals surface area contributed by atoms with Crippen molar-refractivity contribution in [2.24, 2.45) is 0 Å². The molecule has 1 saturated carbocycles. The van der Waals surface area contributed by atoms with Crippen LogP contribution < -0.4 is 10.6 Å². The van der Waals surface area contributed by atoms with E-state index in [1.165, 1.54) is 12.8 Å². The van der Waals surface area contributed by atoms with Crippen LogP contribution in [0.4, 0.5) is 0 Å². The molecule has 0 spiro atoms. The van der Waals surface area contributed by atoms with Crippen LogP contribution in [-0.2, 0) is 16.1 Å². The molecule has 4 amide bonds. The van der Waals surface area contributed by atoms with Gasteiger partial charge >= 0.3 is 0 Å². The molecular formula is C20H22N4O4. The lowest BCUT2D eigenvalue weighted by Crippen LogP contribution is -2.57. The molecule has 8 heteroatoms. The Balaban J connectivity index is 1.44. The molecule has 4 aliphatic rings. The molecule has 146 valence electrons. The van der Waals surface area contributed by atoms with E-state index in [0.29, 0.717) is 29.8 Å². The lowest BCUT2D eigenvalue weighted by molar-refractivity contribution is -0.136. The summed E-state index contributed by atoms with van der Waals surface area (Å²) in [5.41, 5.74) is 1.61. The maximum atomic E-state index is 13.2. The number of nitrogens with zero attached hydrogens (tertiary/aromatic N) is 2. The molecule has 2 N–H and O–H groups in total. The molecule has 1 aliphatic carbocycles. The van der Waals surface area contributed by atoms with Gasteiger partial charge in [0.05, 0.1) is 11.1 Å². The Labute approximate surface area is 162 Å². The highest BCUT2D eigenvalue weighted by molar-refractivity contribution is 6.24. The smallest absolute Gasteiger partial charge is 0.262 e. The predicted molar refractivity (Wildman–Crippen MR) is 98.3 cm³/mol. The minimum Gasteiger partial charge on any atom is -0.314 e. The van der Waals surface area contributed by atoms with Crippen LogP contribution >= 0.6 is 0 Å². The lowest BCUT2D eigenvalue weighted by atomic mass is 10.0. The summed E-state index contributed by atoms with van der Waals surface area (Å²) in [5.74, 6) is -1.81. The van der Waals surface area contributed by atoms with Gasteiger partial charge in [0.15, 0.2) is 0 Å². The Hall–Kier alpha value is -2.58. The van der Waals surface area contributed by atoms with Crippen LogP contribution in [0.2, 0.25) is 0 Å². The van der Waals surface area contributed by atoms with Crippen LogP contribution in [0.15, 0.2) is 18.2 Å². The van der Waals surface area contributed by atoms with Gasteiger partial charge in [0, 0.05) is 38.1 Å². The summed E-state index contributed by atoms with van der Waals surface area (Å²) in [6.45, 7) is 2.52. The van der Waals surface area contributed by atoms with E-state index >= 15 is 0 Å². The molecule has 0 bridgehead atoms. The van der Waals surface area contributed by atoms with Gasteiger partial charge in [-0.2, -0.15) is 0 Å². The molecule has 0 radical (unpaired) electrons. The van der Waals surface area contributed by atoms with Crippen molar-refractivity contribution in [1.82, 2.24) is 20.4 Å². The predicted octanol–water partition coefficient (Wildman–Crippen LogP) is 0.0240. The van der Waals surface area contributed by atoms with Crippen molar-refractivity contribution in [1.29, 1.82) is 0 Å². The van der Waals surface area contributed by atoms with Crippen molar-refractivity contribution in [2.75, 3.05) is 13.1 Å². The number of hydrogen-bond acceptors (Lipinski definition) is 6. The van der Waals surface area contributed by atoms with Crippen LogP contribution in [0.3, 0.4) is 0 Å². The summed E-state index contributed by atoms with van der Waals surface area (Å²) in [6.07, 6.45) is 2.63. The van der Waals surface area contributed by atoms with Gasteiger partial charge in [-0.15, -0.1) is 0 Å². The molecule has 28 heavy (non-hydrogen) atoms. The van der Waals surface area contributed by atoms with E-state index < -0.39 is 23.8 Å². The van der Waals surface area contributed by atoms with Crippen molar-refractivity contribution >= 4 is 23.6 Å². The van der Waals surface area contributed by atoms with Gasteiger partial charge in [-0.05, 0) is 30.9 Å². The van der Waals surface area contributed by atoms with Gasteiger partial charge in [0.2, 0.25) is 11.8 Å². The van der Waals surface area contributed by atoms with E-state index in [2.05, 4.69) is 15.5 Å². The number of carbonyl (C=O) groups excluding carboxylic acids is 4. The van der Waals surface area contributed by atoms with Gasteiger partial charge in [0.25, 0.3) is 11.8 Å². The molecule has 5 rings (SSSR count). The summed E-state index contributed by atoms with van der Waals surface area (Å²) < 4.78 is 0. The number of imide groups is 2. The van der Waals surface area contributed by atoms with E-state index in [1.807, 2.05) is 6.07 Å². The topological polar surface area (TPSA) is 98.8 Å². The highest BCUT2D eigenvalue weighted by atomic mass is 16.2. The number of piperidine rings is 1. The first kappa shape index (κ1) is 17.5. The van der Waals surface area contributed by atoms with E-state index in [1.54, 1.807) is 12.1 Å². The number of fused-ring (bicyclic) bond motifs is 1. The Morgan fingerprint density at radius 2 is 1.79 bits per heavy atom. The molecule has 1 unspecified atom stereocenters. The third-order valence-corrected chi connectivity index (χ3v) is 6.15. The Bertz CT molecular complexity index is 890. The highest BCUT2D eigenvalue weighted by Gasteiger charge is 2.46. The summed E-state index contributed by atoms with van der Waals surface area (Å²) in [4.78, 5) is 53.3. The van der Waals surface area contributed by atoms with Gasteiger partial charge in [-0.25, -0.2) is 0 Å². The average Bonchev–Trinajstić information content (AvgIpc) is 3.42. The SMILES string of the molecule is O=C1CCC(N2C(=O)c3cccc(CN(C4CC4)C4CNC4)c3C2=O)C(=O)N1. The molecule has 1 aromatic carbocycles. The van der Waals surface area contributed by atoms with E-state index in [4.69, 9.17) is 0 Å². The third-order valence-electron chi connectivity index (χ3n) is 6.15. The summed E-state index contributed by atoms with van der Waals surface area (Å²) in [6, 6.07) is 5.44. The zero-order chi connectivity index (χ0) is 19.4. The maximum Gasteiger partial charge on any atom is 0.262 e. The van der Waals surface area contributed by atoms with Crippen LogP contribution in [0, 0.1) is 0 Å².